The zero-order valence-electron chi connectivity index (χ0n) is 6.65. The summed E-state index contributed by atoms with van der Waals surface area (Å²) in [7, 11) is 0. The van der Waals surface area contributed by atoms with Crippen molar-refractivity contribution in [1.82, 2.24) is 5.32 Å². The smallest absolute Gasteiger partial charge is 0.251 e. The first kappa shape index (κ1) is 7.62. The number of carbonyl (C=O) groups is 1. The molecule has 0 atom stereocenters. The highest BCUT2D eigenvalue weighted by molar-refractivity contribution is 6.32. The van der Waals surface area contributed by atoms with E-state index in [4.69, 9.17) is 11.6 Å². The lowest BCUT2D eigenvalue weighted by Gasteiger charge is -2.01. The van der Waals surface area contributed by atoms with Gasteiger partial charge in [0.1, 0.15) is 0 Å². The van der Waals surface area contributed by atoms with Gasteiger partial charge in [0.2, 0.25) is 0 Å². The molecule has 0 unspecified atom stereocenters. The molecular formula is C9H8ClNO. The molecule has 1 aliphatic rings. The van der Waals surface area contributed by atoms with Gasteiger partial charge in [-0.05, 0) is 18.6 Å². The van der Waals surface area contributed by atoms with E-state index in [0.717, 1.165) is 11.1 Å². The second kappa shape index (κ2) is 2.49. The summed E-state index contributed by atoms with van der Waals surface area (Å²) in [5, 5.41) is 3.44. The summed E-state index contributed by atoms with van der Waals surface area (Å²) in [6, 6.07) is 3.69. The Morgan fingerprint density at radius 3 is 3.00 bits per heavy atom. The molecule has 1 amide bonds. The predicted octanol–water partition coefficient (Wildman–Crippen LogP) is 1.89. The molecule has 3 heteroatoms. The van der Waals surface area contributed by atoms with Crippen molar-refractivity contribution in [3.05, 3.63) is 33.8 Å². The van der Waals surface area contributed by atoms with Crippen LogP contribution in [0.1, 0.15) is 21.5 Å². The van der Waals surface area contributed by atoms with Crippen LogP contribution >= 0.6 is 11.6 Å². The lowest BCUT2D eigenvalue weighted by Crippen LogP contribution is -2.12. The minimum absolute atomic E-state index is 0.0214. The zero-order valence-corrected chi connectivity index (χ0v) is 7.40. The summed E-state index contributed by atoms with van der Waals surface area (Å²) in [5.74, 6) is -0.0214. The number of hydrogen-bond acceptors (Lipinski definition) is 1. The van der Waals surface area contributed by atoms with Gasteiger partial charge < -0.3 is 5.32 Å². The highest BCUT2D eigenvalue weighted by Gasteiger charge is 2.21. The third-order valence-electron chi connectivity index (χ3n) is 2.11. The van der Waals surface area contributed by atoms with E-state index in [1.165, 1.54) is 0 Å². The summed E-state index contributed by atoms with van der Waals surface area (Å²) in [5.41, 5.74) is 2.67. The molecule has 0 aliphatic carbocycles. The highest BCUT2D eigenvalue weighted by Crippen LogP contribution is 2.27. The minimum atomic E-state index is -0.0214. The van der Waals surface area contributed by atoms with Crippen LogP contribution in [0.5, 0.6) is 0 Å². The summed E-state index contributed by atoms with van der Waals surface area (Å²) in [4.78, 5) is 11.2. The Kier molecular flexibility index (Phi) is 1.58. The third-order valence-corrected chi connectivity index (χ3v) is 2.63. The van der Waals surface area contributed by atoms with Crippen LogP contribution in [-0.2, 0) is 6.54 Å². The first-order valence-corrected chi connectivity index (χ1v) is 4.14. The van der Waals surface area contributed by atoms with E-state index >= 15 is 0 Å². The largest absolute Gasteiger partial charge is 0.348 e. The molecule has 0 saturated carbocycles. The standard InChI is InChI=1S/C9H8ClNO/c1-5-2-3-6-7(8(5)10)4-11-9(6)12/h2-3H,4H2,1H3,(H,11,12). The molecule has 0 spiro atoms. The number of halogens is 1. The van der Waals surface area contributed by atoms with Crippen LogP contribution in [0.15, 0.2) is 12.1 Å². The van der Waals surface area contributed by atoms with Gasteiger partial charge in [-0.3, -0.25) is 4.79 Å². The van der Waals surface area contributed by atoms with Crippen LogP contribution in [0.3, 0.4) is 0 Å². The molecular weight excluding hydrogens is 174 g/mol. The molecule has 1 aliphatic heterocycles. The Morgan fingerprint density at radius 1 is 1.50 bits per heavy atom. The minimum Gasteiger partial charge on any atom is -0.348 e. The van der Waals surface area contributed by atoms with Gasteiger partial charge in [0.25, 0.3) is 5.91 Å². The second-order valence-electron chi connectivity index (χ2n) is 2.91. The molecule has 0 aromatic heterocycles. The van der Waals surface area contributed by atoms with E-state index in [9.17, 15) is 4.79 Å². The maximum Gasteiger partial charge on any atom is 0.251 e. The first-order valence-electron chi connectivity index (χ1n) is 3.76. The van der Waals surface area contributed by atoms with Gasteiger partial charge in [-0.15, -0.1) is 0 Å². The SMILES string of the molecule is Cc1ccc2c(c1Cl)CNC2=O. The number of fused-ring (bicyclic) bond motifs is 1. The van der Waals surface area contributed by atoms with E-state index in [0.29, 0.717) is 17.1 Å². The normalized spacial score (nSPS) is 14.3. The van der Waals surface area contributed by atoms with Gasteiger partial charge in [0, 0.05) is 22.7 Å². The van der Waals surface area contributed by atoms with Crippen LogP contribution in [0.4, 0.5) is 0 Å². The zero-order chi connectivity index (χ0) is 8.72. The van der Waals surface area contributed by atoms with Crippen LogP contribution in [0.2, 0.25) is 5.02 Å². The number of amides is 1. The number of nitrogens with one attached hydrogen (secondary N) is 1. The Labute approximate surface area is 75.5 Å². The summed E-state index contributed by atoms with van der Waals surface area (Å²) >= 11 is 6.01. The molecule has 2 nitrogen and oxygen atoms in total. The van der Waals surface area contributed by atoms with Crippen molar-refractivity contribution in [3.8, 4) is 0 Å². The number of rotatable bonds is 0. The van der Waals surface area contributed by atoms with Crippen molar-refractivity contribution >= 4 is 17.5 Å². The van der Waals surface area contributed by atoms with E-state index in [1.54, 1.807) is 0 Å². The van der Waals surface area contributed by atoms with Crippen LogP contribution in [-0.4, -0.2) is 5.91 Å². The quantitative estimate of drug-likeness (QED) is 0.651. The van der Waals surface area contributed by atoms with E-state index < -0.39 is 0 Å². The van der Waals surface area contributed by atoms with Gasteiger partial charge in [-0.25, -0.2) is 0 Å². The Balaban J connectivity index is 2.68. The highest BCUT2D eigenvalue weighted by atomic mass is 35.5. The monoisotopic (exact) mass is 181 g/mol. The van der Waals surface area contributed by atoms with Crippen molar-refractivity contribution in [2.45, 2.75) is 13.5 Å². The Hall–Kier alpha value is -1.02. The average Bonchev–Trinajstić information content (AvgIpc) is 2.41. The van der Waals surface area contributed by atoms with E-state index in [-0.39, 0.29) is 5.91 Å². The van der Waals surface area contributed by atoms with Crippen LogP contribution in [0, 0.1) is 6.92 Å². The maximum atomic E-state index is 11.2. The van der Waals surface area contributed by atoms with Gasteiger partial charge >= 0.3 is 0 Å². The molecule has 12 heavy (non-hydrogen) atoms. The fourth-order valence-electron chi connectivity index (χ4n) is 1.39. The predicted molar refractivity (Wildman–Crippen MR) is 47.4 cm³/mol. The fraction of sp³-hybridized carbons (Fsp3) is 0.222. The molecule has 1 aromatic carbocycles. The number of benzene rings is 1. The second-order valence-corrected chi connectivity index (χ2v) is 3.28. The molecule has 1 heterocycles. The molecule has 0 bridgehead atoms. The van der Waals surface area contributed by atoms with Gasteiger partial charge in [-0.2, -0.15) is 0 Å². The summed E-state index contributed by atoms with van der Waals surface area (Å²) < 4.78 is 0. The van der Waals surface area contributed by atoms with Crippen molar-refractivity contribution in [1.29, 1.82) is 0 Å². The van der Waals surface area contributed by atoms with Gasteiger partial charge in [-0.1, -0.05) is 17.7 Å². The Bertz CT molecular complexity index is 360. The topological polar surface area (TPSA) is 29.1 Å². The lowest BCUT2D eigenvalue weighted by molar-refractivity contribution is 0.0966. The van der Waals surface area contributed by atoms with Crippen molar-refractivity contribution in [3.63, 3.8) is 0 Å². The number of aryl methyl sites for hydroxylation is 1. The van der Waals surface area contributed by atoms with Crippen LogP contribution in [0.25, 0.3) is 0 Å². The lowest BCUT2D eigenvalue weighted by atomic mass is 10.1. The first-order chi connectivity index (χ1) is 5.70. The molecule has 0 saturated heterocycles. The Morgan fingerprint density at radius 2 is 2.25 bits per heavy atom. The fourth-order valence-corrected chi connectivity index (χ4v) is 1.62. The summed E-state index contributed by atoms with van der Waals surface area (Å²) in [6.07, 6.45) is 0. The molecule has 0 fully saturated rings. The van der Waals surface area contributed by atoms with Gasteiger partial charge in [0.15, 0.2) is 0 Å². The average molecular weight is 182 g/mol. The maximum absolute atomic E-state index is 11.2. The summed E-state index contributed by atoms with van der Waals surface area (Å²) in [6.45, 7) is 2.50. The van der Waals surface area contributed by atoms with Gasteiger partial charge in [0.05, 0.1) is 0 Å². The van der Waals surface area contributed by atoms with E-state index in [1.807, 2.05) is 19.1 Å². The molecule has 62 valence electrons. The van der Waals surface area contributed by atoms with Crippen molar-refractivity contribution < 1.29 is 4.79 Å². The van der Waals surface area contributed by atoms with Crippen molar-refractivity contribution in [2.75, 3.05) is 0 Å². The molecule has 0 radical (unpaired) electrons. The van der Waals surface area contributed by atoms with Crippen LogP contribution < -0.4 is 5.32 Å². The molecule has 1 aromatic rings. The van der Waals surface area contributed by atoms with Crippen molar-refractivity contribution in [2.24, 2.45) is 0 Å². The molecule has 1 N–H and O–H groups in total. The number of hydrogen-bond donors (Lipinski definition) is 1. The van der Waals surface area contributed by atoms with E-state index in [2.05, 4.69) is 5.32 Å². The number of carbonyl (C=O) groups excluding carboxylic acids is 1. The molecule has 2 rings (SSSR count). The third kappa shape index (κ3) is 0.916.